The van der Waals surface area contributed by atoms with E-state index in [1.165, 1.54) is 5.56 Å². The minimum absolute atomic E-state index is 0.115. The van der Waals surface area contributed by atoms with Crippen molar-refractivity contribution in [2.75, 3.05) is 63.1 Å². The van der Waals surface area contributed by atoms with Crippen molar-refractivity contribution in [1.82, 2.24) is 15.1 Å². The lowest BCUT2D eigenvalue weighted by Gasteiger charge is -2.32. The highest BCUT2D eigenvalue weighted by molar-refractivity contribution is 6.03. The highest BCUT2D eigenvalue weighted by Gasteiger charge is 2.21. The summed E-state index contributed by atoms with van der Waals surface area (Å²) in [6.45, 7) is 6.36. The third-order valence-corrected chi connectivity index (χ3v) is 6.29. The Morgan fingerprint density at radius 1 is 0.938 bits per heavy atom. The van der Waals surface area contributed by atoms with Gasteiger partial charge in [0.1, 0.15) is 0 Å². The van der Waals surface area contributed by atoms with Crippen molar-refractivity contribution in [1.29, 1.82) is 0 Å². The number of benzene rings is 2. The Bertz CT molecular complexity index is 939. The molecule has 2 aromatic carbocycles. The number of urea groups is 1. The van der Waals surface area contributed by atoms with Crippen molar-refractivity contribution in [2.45, 2.75) is 19.3 Å². The van der Waals surface area contributed by atoms with Gasteiger partial charge in [0.2, 0.25) is 0 Å². The van der Waals surface area contributed by atoms with Crippen LogP contribution in [-0.2, 0) is 6.42 Å². The van der Waals surface area contributed by atoms with E-state index in [2.05, 4.69) is 33.5 Å². The summed E-state index contributed by atoms with van der Waals surface area (Å²) in [6, 6.07) is 15.1. The van der Waals surface area contributed by atoms with Crippen LogP contribution in [0.15, 0.2) is 48.5 Å². The number of piperazine rings is 1. The first-order chi connectivity index (χ1) is 15.6. The van der Waals surface area contributed by atoms with Crippen LogP contribution in [0.1, 0.15) is 28.8 Å². The topological polar surface area (TPSA) is 67.9 Å². The molecule has 32 heavy (non-hydrogen) atoms. The minimum Gasteiger partial charge on any atom is -0.351 e. The average molecular weight is 436 g/mol. The van der Waals surface area contributed by atoms with E-state index >= 15 is 0 Å². The van der Waals surface area contributed by atoms with Gasteiger partial charge in [-0.15, -0.1) is 0 Å². The van der Waals surface area contributed by atoms with E-state index in [-0.39, 0.29) is 11.9 Å². The maximum Gasteiger partial charge on any atom is 0.326 e. The highest BCUT2D eigenvalue weighted by atomic mass is 16.2. The Balaban J connectivity index is 1.33. The van der Waals surface area contributed by atoms with Gasteiger partial charge in [-0.1, -0.05) is 24.3 Å². The van der Waals surface area contributed by atoms with E-state index in [1.807, 2.05) is 29.2 Å². The standard InChI is InChI=1S/C25H33N5O2/c1-28-15-17-29(18-16-28)14-12-26-24(31)21-9-6-10-22(19-21)27-25(32)30-13-5-4-8-20-7-2-3-11-23(20)30/h2-3,6-7,9-11,19H,4-5,8,12-18H2,1H3,(H,26,31)(H,27,32). The lowest BCUT2D eigenvalue weighted by atomic mass is 10.1. The minimum atomic E-state index is -0.160. The quantitative estimate of drug-likeness (QED) is 0.758. The number of hydrogen-bond donors (Lipinski definition) is 2. The number of carbonyl (C=O) groups excluding carboxylic acids is 2. The van der Waals surface area contributed by atoms with Crippen LogP contribution < -0.4 is 15.5 Å². The molecule has 1 saturated heterocycles. The molecule has 2 heterocycles. The first kappa shape index (κ1) is 22.3. The normalized spacial score (nSPS) is 17.3. The number of hydrogen-bond acceptors (Lipinski definition) is 4. The molecule has 0 unspecified atom stereocenters. The van der Waals surface area contributed by atoms with Gasteiger partial charge in [-0.2, -0.15) is 0 Å². The Hall–Kier alpha value is -2.90. The van der Waals surface area contributed by atoms with Crippen molar-refractivity contribution < 1.29 is 9.59 Å². The molecule has 7 nitrogen and oxygen atoms in total. The molecule has 3 amide bonds. The molecule has 4 rings (SSSR count). The fraction of sp³-hybridized carbons (Fsp3) is 0.440. The first-order valence-electron chi connectivity index (χ1n) is 11.6. The number of anilines is 2. The summed E-state index contributed by atoms with van der Waals surface area (Å²) in [5.41, 5.74) is 3.36. The number of rotatable bonds is 5. The summed E-state index contributed by atoms with van der Waals surface area (Å²) in [6.07, 6.45) is 3.03. The van der Waals surface area contributed by atoms with Crippen molar-refractivity contribution in [3.63, 3.8) is 0 Å². The maximum atomic E-state index is 13.0. The SMILES string of the molecule is CN1CCN(CCNC(=O)c2cccc(NC(=O)N3CCCCc4ccccc43)c2)CC1. The number of carbonyl (C=O) groups is 2. The Labute approximate surface area is 190 Å². The van der Waals surface area contributed by atoms with Gasteiger partial charge in [-0.25, -0.2) is 4.79 Å². The summed E-state index contributed by atoms with van der Waals surface area (Å²) >= 11 is 0. The van der Waals surface area contributed by atoms with Gasteiger partial charge >= 0.3 is 6.03 Å². The average Bonchev–Trinajstić information content (AvgIpc) is 3.03. The van der Waals surface area contributed by atoms with Crippen LogP contribution in [0.5, 0.6) is 0 Å². The second-order valence-corrected chi connectivity index (χ2v) is 8.65. The molecule has 0 bridgehead atoms. The molecule has 0 spiro atoms. The molecule has 1 fully saturated rings. The lowest BCUT2D eigenvalue weighted by Crippen LogP contribution is -2.46. The number of fused-ring (bicyclic) bond motifs is 1. The fourth-order valence-corrected chi connectivity index (χ4v) is 4.33. The molecule has 2 N–H and O–H groups in total. The van der Waals surface area contributed by atoms with Crippen LogP contribution >= 0.6 is 0 Å². The summed E-state index contributed by atoms with van der Waals surface area (Å²) < 4.78 is 0. The van der Waals surface area contributed by atoms with E-state index < -0.39 is 0 Å². The van der Waals surface area contributed by atoms with Gasteiger partial charge in [-0.05, 0) is 56.1 Å². The predicted octanol–water partition coefficient (Wildman–Crippen LogP) is 3.04. The monoisotopic (exact) mass is 435 g/mol. The summed E-state index contributed by atoms with van der Waals surface area (Å²) in [4.78, 5) is 32.2. The van der Waals surface area contributed by atoms with Crippen LogP contribution in [0.2, 0.25) is 0 Å². The van der Waals surface area contributed by atoms with Gasteiger partial charge in [-0.3, -0.25) is 14.6 Å². The first-order valence-corrected chi connectivity index (χ1v) is 11.6. The van der Waals surface area contributed by atoms with E-state index in [4.69, 9.17) is 0 Å². The molecule has 0 saturated carbocycles. The maximum absolute atomic E-state index is 13.0. The van der Waals surface area contributed by atoms with E-state index in [0.29, 0.717) is 24.3 Å². The Kier molecular flexibility index (Phi) is 7.39. The third-order valence-electron chi connectivity index (χ3n) is 6.29. The van der Waals surface area contributed by atoms with Gasteiger partial charge in [0, 0.05) is 62.8 Å². The second-order valence-electron chi connectivity index (χ2n) is 8.65. The zero-order chi connectivity index (χ0) is 22.3. The number of aryl methyl sites for hydroxylation is 1. The third kappa shape index (κ3) is 5.66. The molecule has 170 valence electrons. The van der Waals surface area contributed by atoms with E-state index in [0.717, 1.165) is 57.7 Å². The van der Waals surface area contributed by atoms with Gasteiger partial charge in [0.15, 0.2) is 0 Å². The van der Waals surface area contributed by atoms with Gasteiger partial charge in [0.05, 0.1) is 0 Å². The molecule has 2 aliphatic rings. The predicted molar refractivity (Wildman–Crippen MR) is 128 cm³/mol. The number of nitrogens with one attached hydrogen (secondary N) is 2. The van der Waals surface area contributed by atoms with E-state index in [9.17, 15) is 9.59 Å². The molecule has 0 aliphatic carbocycles. The van der Waals surface area contributed by atoms with E-state index in [1.54, 1.807) is 18.2 Å². The molecule has 2 aliphatic heterocycles. The Morgan fingerprint density at radius 3 is 2.59 bits per heavy atom. The highest BCUT2D eigenvalue weighted by Crippen LogP contribution is 2.26. The molecular formula is C25H33N5O2. The van der Waals surface area contributed by atoms with Crippen LogP contribution in [0.4, 0.5) is 16.2 Å². The zero-order valence-corrected chi connectivity index (χ0v) is 18.8. The molecule has 0 atom stereocenters. The molecule has 0 radical (unpaired) electrons. The van der Waals surface area contributed by atoms with Crippen LogP contribution in [0.3, 0.4) is 0 Å². The van der Waals surface area contributed by atoms with Crippen LogP contribution in [0, 0.1) is 0 Å². The summed E-state index contributed by atoms with van der Waals surface area (Å²) in [5, 5.41) is 5.99. The fourth-order valence-electron chi connectivity index (χ4n) is 4.33. The number of nitrogens with zero attached hydrogens (tertiary/aromatic N) is 3. The zero-order valence-electron chi connectivity index (χ0n) is 18.8. The van der Waals surface area contributed by atoms with Gasteiger partial charge < -0.3 is 15.5 Å². The smallest absolute Gasteiger partial charge is 0.326 e. The molecule has 2 aromatic rings. The number of amides is 3. The second kappa shape index (κ2) is 10.6. The largest absolute Gasteiger partial charge is 0.351 e. The summed E-state index contributed by atoms with van der Waals surface area (Å²) in [7, 11) is 2.14. The molecular weight excluding hydrogens is 402 g/mol. The van der Waals surface area contributed by atoms with Crippen molar-refractivity contribution in [3.8, 4) is 0 Å². The Morgan fingerprint density at radius 2 is 1.75 bits per heavy atom. The molecule has 7 heteroatoms. The van der Waals surface area contributed by atoms with Crippen molar-refractivity contribution in [2.24, 2.45) is 0 Å². The number of para-hydroxylation sites is 1. The number of likely N-dealkylation sites (N-methyl/N-ethyl adjacent to an activating group) is 1. The molecule has 0 aromatic heterocycles. The van der Waals surface area contributed by atoms with Gasteiger partial charge in [0.25, 0.3) is 5.91 Å². The summed E-state index contributed by atoms with van der Waals surface area (Å²) in [5.74, 6) is -0.115. The van der Waals surface area contributed by atoms with Crippen molar-refractivity contribution >= 4 is 23.3 Å². The van der Waals surface area contributed by atoms with Crippen LogP contribution in [-0.4, -0.2) is 74.6 Å². The van der Waals surface area contributed by atoms with Crippen LogP contribution in [0.25, 0.3) is 0 Å². The van der Waals surface area contributed by atoms with Crippen molar-refractivity contribution in [3.05, 3.63) is 59.7 Å². The lowest BCUT2D eigenvalue weighted by molar-refractivity contribution is 0.0941.